The highest BCUT2D eigenvalue weighted by atomic mass is 35.5. The first-order valence-corrected chi connectivity index (χ1v) is 18.2. The van der Waals surface area contributed by atoms with Crippen molar-refractivity contribution in [3.05, 3.63) is 99.6 Å². The van der Waals surface area contributed by atoms with E-state index in [-0.39, 0.29) is 25.5 Å². The van der Waals surface area contributed by atoms with Gasteiger partial charge in [0.15, 0.2) is 0 Å². The molecular weight excluding hydrogens is 658 g/mol. The van der Waals surface area contributed by atoms with Crippen LogP contribution in [0.1, 0.15) is 83.1 Å². The van der Waals surface area contributed by atoms with Crippen LogP contribution in [-0.4, -0.2) is 61.2 Å². The molecular formula is C35H40ClN3O8S. The van der Waals surface area contributed by atoms with Gasteiger partial charge >= 0.3 is 5.97 Å². The largest absolute Gasteiger partial charge is 0.494 e. The maximum atomic E-state index is 14.4. The fraction of sp³-hybridized carbons (Fsp3) is 0.400. The van der Waals surface area contributed by atoms with Crippen molar-refractivity contribution in [3.63, 3.8) is 0 Å². The third kappa shape index (κ3) is 8.54. The van der Waals surface area contributed by atoms with E-state index in [1.807, 2.05) is 19.1 Å². The van der Waals surface area contributed by atoms with Gasteiger partial charge in [0, 0.05) is 29.1 Å². The summed E-state index contributed by atoms with van der Waals surface area (Å²) < 4.78 is 33.2. The van der Waals surface area contributed by atoms with Crippen LogP contribution < -0.4 is 14.9 Å². The van der Waals surface area contributed by atoms with E-state index in [9.17, 15) is 22.8 Å². The number of aryl methyl sites for hydroxylation is 1. The van der Waals surface area contributed by atoms with Gasteiger partial charge in [-0.2, -0.15) is 0 Å². The van der Waals surface area contributed by atoms with Crippen molar-refractivity contribution in [1.82, 2.24) is 15.1 Å². The monoisotopic (exact) mass is 697 g/mol. The Bertz CT molecular complexity index is 1750. The van der Waals surface area contributed by atoms with E-state index in [4.69, 9.17) is 26.3 Å². The summed E-state index contributed by atoms with van der Waals surface area (Å²) in [6.45, 7) is 2.22. The number of hydrogen-bond acceptors (Lipinski definition) is 7. The first kappa shape index (κ1) is 35.3. The lowest BCUT2D eigenvalue weighted by molar-refractivity contribution is -0.138. The first-order chi connectivity index (χ1) is 22.9. The highest BCUT2D eigenvalue weighted by molar-refractivity contribution is 7.88. The van der Waals surface area contributed by atoms with Crippen molar-refractivity contribution >= 4 is 39.4 Å². The molecule has 1 aliphatic heterocycles. The molecule has 0 spiro atoms. The summed E-state index contributed by atoms with van der Waals surface area (Å²) in [5, 5.41) is 9.17. The van der Waals surface area contributed by atoms with Gasteiger partial charge in [-0.15, -0.1) is 0 Å². The molecule has 2 aliphatic rings. The Morgan fingerprint density at radius 2 is 1.75 bits per heavy atom. The number of amides is 2. The number of carbonyl (C=O) groups excluding carboxylic acids is 2. The predicted molar refractivity (Wildman–Crippen MR) is 180 cm³/mol. The van der Waals surface area contributed by atoms with Gasteiger partial charge in [-0.05, 0) is 72.7 Å². The van der Waals surface area contributed by atoms with Crippen LogP contribution in [0.2, 0.25) is 5.02 Å². The maximum absolute atomic E-state index is 14.4. The van der Waals surface area contributed by atoms with Crippen molar-refractivity contribution < 1.29 is 37.5 Å². The Labute approximate surface area is 285 Å². The van der Waals surface area contributed by atoms with Gasteiger partial charge in [0.05, 0.1) is 31.4 Å². The smallest absolute Gasteiger partial charge is 0.303 e. The lowest BCUT2D eigenvalue weighted by Gasteiger charge is -2.49. The van der Waals surface area contributed by atoms with Gasteiger partial charge in [-0.25, -0.2) is 18.6 Å². The predicted octanol–water partition coefficient (Wildman–Crippen LogP) is 5.28. The molecule has 1 heterocycles. The number of carboxylic acids is 1. The lowest BCUT2D eigenvalue weighted by Crippen LogP contribution is -2.59. The molecule has 256 valence electrons. The average Bonchev–Trinajstić information content (AvgIpc) is 3.03. The molecule has 48 heavy (non-hydrogen) atoms. The molecule has 1 aliphatic carbocycles. The number of nitrogens with zero attached hydrogens (tertiary/aromatic N) is 1. The summed E-state index contributed by atoms with van der Waals surface area (Å²) >= 11 is 6.86. The molecule has 0 saturated heterocycles. The van der Waals surface area contributed by atoms with Gasteiger partial charge in [0.25, 0.3) is 11.8 Å². The van der Waals surface area contributed by atoms with Crippen LogP contribution in [0.3, 0.4) is 0 Å². The lowest BCUT2D eigenvalue weighted by atomic mass is 9.76. The molecule has 3 N–H and O–H groups in total. The second-order valence-electron chi connectivity index (χ2n) is 12.3. The minimum absolute atomic E-state index is 0.0265. The summed E-state index contributed by atoms with van der Waals surface area (Å²) in [6.07, 6.45) is 4.21. The normalized spacial score (nSPS) is 21.0. The van der Waals surface area contributed by atoms with Gasteiger partial charge in [-0.1, -0.05) is 66.9 Å². The number of carboxylic acid groups (broad SMARTS) is 1. The van der Waals surface area contributed by atoms with E-state index in [0.717, 1.165) is 30.2 Å². The quantitative estimate of drug-likeness (QED) is 0.161. The molecule has 11 nitrogen and oxygen atoms in total. The van der Waals surface area contributed by atoms with Crippen molar-refractivity contribution in [2.45, 2.75) is 76.1 Å². The van der Waals surface area contributed by atoms with E-state index in [2.05, 4.69) is 10.2 Å². The number of rotatable bonds is 13. The van der Waals surface area contributed by atoms with Gasteiger partial charge < -0.3 is 14.7 Å². The van der Waals surface area contributed by atoms with Crippen molar-refractivity contribution in [3.8, 4) is 5.75 Å². The van der Waals surface area contributed by atoms with Crippen molar-refractivity contribution in [2.24, 2.45) is 0 Å². The standard InChI is InChI=1S/C35H40ClN3O8S/c1-22-13-18-27(28(36)20-22)33-32(34(42)37-47-21-23-14-16-24(17-15-23)46-19-7-12-31(40)41)25-8-3-4-9-26(25)35(43)39(33)30-11-6-5-10-29(30)38-48(2,44)45/h3-4,8-9,13-18,20,29-30,32-33,38H,5-7,10-12,19,21H2,1-2H3,(H,37,42)(H,40,41)/t29?,30-,32+,33-/m0/s1. The fourth-order valence-corrected chi connectivity index (χ4v) is 7.78. The van der Waals surface area contributed by atoms with Crippen molar-refractivity contribution in [1.29, 1.82) is 0 Å². The van der Waals surface area contributed by atoms with Crippen LogP contribution in [0.4, 0.5) is 0 Å². The maximum Gasteiger partial charge on any atom is 0.303 e. The number of benzene rings is 3. The summed E-state index contributed by atoms with van der Waals surface area (Å²) in [4.78, 5) is 46.7. The number of hydroxylamine groups is 1. The molecule has 3 aromatic rings. The van der Waals surface area contributed by atoms with E-state index >= 15 is 0 Å². The van der Waals surface area contributed by atoms with Gasteiger partial charge in [0.1, 0.15) is 5.75 Å². The number of ether oxygens (including phenoxy) is 1. The third-order valence-electron chi connectivity index (χ3n) is 8.72. The number of hydrogen-bond donors (Lipinski definition) is 3. The molecule has 3 aromatic carbocycles. The highest BCUT2D eigenvalue weighted by Crippen LogP contribution is 2.47. The molecule has 13 heteroatoms. The molecule has 1 unspecified atom stereocenters. The van der Waals surface area contributed by atoms with Crippen LogP contribution >= 0.6 is 11.6 Å². The number of carbonyl (C=O) groups is 3. The zero-order valence-corrected chi connectivity index (χ0v) is 28.4. The second-order valence-corrected chi connectivity index (χ2v) is 14.5. The Kier molecular flexibility index (Phi) is 11.4. The molecule has 4 atom stereocenters. The minimum Gasteiger partial charge on any atom is -0.494 e. The minimum atomic E-state index is -3.59. The van der Waals surface area contributed by atoms with Crippen LogP contribution in [-0.2, 0) is 31.1 Å². The van der Waals surface area contributed by atoms with Crippen LogP contribution in [0.5, 0.6) is 5.75 Å². The summed E-state index contributed by atoms with van der Waals surface area (Å²) in [6, 6.07) is 17.6. The number of sulfonamides is 1. The zero-order chi connectivity index (χ0) is 34.4. The molecule has 1 fully saturated rings. The highest BCUT2D eigenvalue weighted by Gasteiger charge is 2.49. The van der Waals surface area contributed by atoms with Gasteiger partial charge in [0.2, 0.25) is 10.0 Å². The Hall–Kier alpha value is -3.97. The Morgan fingerprint density at radius 1 is 1.02 bits per heavy atom. The molecule has 0 bridgehead atoms. The topological polar surface area (TPSA) is 151 Å². The van der Waals surface area contributed by atoms with E-state index in [1.165, 1.54) is 0 Å². The molecule has 0 radical (unpaired) electrons. The second kappa shape index (κ2) is 15.5. The summed E-state index contributed by atoms with van der Waals surface area (Å²) in [5.74, 6) is -2.00. The summed E-state index contributed by atoms with van der Waals surface area (Å²) in [5.41, 5.74) is 5.73. The number of fused-ring (bicyclic) bond motifs is 1. The molecule has 5 rings (SSSR count). The SMILES string of the molecule is Cc1ccc([C@H]2[C@H](C(=O)NOCc3ccc(OCCCC(=O)O)cc3)c3ccccc3C(=O)N2[C@H]2CCCCC2NS(C)(=O)=O)c(Cl)c1. The fourth-order valence-electron chi connectivity index (χ4n) is 6.61. The Morgan fingerprint density at radius 3 is 2.46 bits per heavy atom. The van der Waals surface area contributed by atoms with Crippen LogP contribution in [0.25, 0.3) is 0 Å². The van der Waals surface area contributed by atoms with E-state index in [1.54, 1.807) is 59.5 Å². The third-order valence-corrected chi connectivity index (χ3v) is 9.78. The first-order valence-electron chi connectivity index (χ1n) is 15.9. The van der Waals surface area contributed by atoms with Gasteiger partial charge in [-0.3, -0.25) is 19.2 Å². The number of aliphatic carboxylic acids is 1. The van der Waals surface area contributed by atoms with Crippen LogP contribution in [0, 0.1) is 6.92 Å². The number of nitrogens with one attached hydrogen (secondary N) is 2. The summed E-state index contributed by atoms with van der Waals surface area (Å²) in [7, 11) is -3.59. The molecule has 1 saturated carbocycles. The number of halogens is 1. The zero-order valence-electron chi connectivity index (χ0n) is 26.9. The van der Waals surface area contributed by atoms with Crippen LogP contribution in [0.15, 0.2) is 66.7 Å². The van der Waals surface area contributed by atoms with E-state index < -0.39 is 45.9 Å². The average molecular weight is 698 g/mol. The molecule has 0 aromatic heterocycles. The van der Waals surface area contributed by atoms with E-state index in [0.29, 0.717) is 46.7 Å². The van der Waals surface area contributed by atoms with Crippen molar-refractivity contribution in [2.75, 3.05) is 12.9 Å². The Balaban J connectivity index is 1.43. The molecule has 2 amide bonds.